The molecule has 0 aliphatic rings. The Morgan fingerprint density at radius 2 is 1.89 bits per heavy atom. The number of carbonyl (C=O) groups excluding carboxylic acids is 1. The van der Waals surface area contributed by atoms with E-state index in [9.17, 15) is 9.59 Å². The Balaban J connectivity index is 4.16. The predicted molar refractivity (Wildman–Crippen MR) is 71.0 cm³/mol. The first-order valence-electron chi connectivity index (χ1n) is 6.56. The Bertz CT molecular complexity index is 267. The van der Waals surface area contributed by atoms with Crippen LogP contribution in [0.5, 0.6) is 0 Å². The first-order chi connectivity index (χ1) is 8.36. The van der Waals surface area contributed by atoms with E-state index in [0.717, 1.165) is 6.42 Å². The molecule has 106 valence electrons. The highest BCUT2D eigenvalue weighted by Crippen LogP contribution is 2.15. The maximum atomic E-state index is 11.7. The second-order valence-electron chi connectivity index (χ2n) is 5.32. The van der Waals surface area contributed by atoms with Crippen molar-refractivity contribution >= 4 is 11.9 Å². The summed E-state index contributed by atoms with van der Waals surface area (Å²) in [7, 11) is 0. The number of aliphatic carboxylic acids is 1. The Morgan fingerprint density at radius 3 is 2.33 bits per heavy atom. The number of carboxylic acid groups (broad SMARTS) is 1. The molecule has 0 aromatic rings. The van der Waals surface area contributed by atoms with Crippen LogP contribution in [-0.4, -0.2) is 30.1 Å². The summed E-state index contributed by atoms with van der Waals surface area (Å²) in [6, 6.07) is 0. The van der Waals surface area contributed by atoms with E-state index in [2.05, 4.69) is 5.32 Å². The largest absolute Gasteiger partial charge is 0.481 e. The standard InChI is InChI=1S/C13H26N2O3/c1-9(2)6-11(7-12(16)17)8-15-13(18)10(3)4-5-14/h9-11H,4-8,14H2,1-3H3,(H,15,18)(H,16,17). The molecule has 2 unspecified atom stereocenters. The van der Waals surface area contributed by atoms with Gasteiger partial charge in [-0.1, -0.05) is 20.8 Å². The number of hydrogen-bond acceptors (Lipinski definition) is 3. The molecule has 0 radical (unpaired) electrons. The lowest BCUT2D eigenvalue weighted by molar-refractivity contribution is -0.138. The zero-order chi connectivity index (χ0) is 14.1. The maximum Gasteiger partial charge on any atom is 0.303 e. The van der Waals surface area contributed by atoms with Crippen LogP contribution in [-0.2, 0) is 9.59 Å². The van der Waals surface area contributed by atoms with Crippen LogP contribution in [0.4, 0.5) is 0 Å². The summed E-state index contributed by atoms with van der Waals surface area (Å²) in [6.45, 7) is 6.84. The first-order valence-corrected chi connectivity index (χ1v) is 6.56. The molecule has 18 heavy (non-hydrogen) atoms. The maximum absolute atomic E-state index is 11.7. The number of rotatable bonds is 9. The summed E-state index contributed by atoms with van der Waals surface area (Å²) in [5.74, 6) is -0.548. The molecular formula is C13H26N2O3. The number of amides is 1. The van der Waals surface area contributed by atoms with Crippen molar-refractivity contribution in [1.29, 1.82) is 0 Å². The lowest BCUT2D eigenvalue weighted by Gasteiger charge is -2.19. The monoisotopic (exact) mass is 258 g/mol. The van der Waals surface area contributed by atoms with Gasteiger partial charge in [-0.15, -0.1) is 0 Å². The van der Waals surface area contributed by atoms with E-state index in [1.54, 1.807) is 0 Å². The molecule has 0 heterocycles. The molecular weight excluding hydrogens is 232 g/mol. The highest BCUT2D eigenvalue weighted by Gasteiger charge is 2.18. The SMILES string of the molecule is CC(C)CC(CNC(=O)C(C)CCN)CC(=O)O. The molecule has 0 rings (SSSR count). The van der Waals surface area contributed by atoms with E-state index < -0.39 is 5.97 Å². The number of nitrogens with two attached hydrogens (primary N) is 1. The minimum absolute atomic E-state index is 0.00322. The highest BCUT2D eigenvalue weighted by molar-refractivity contribution is 5.78. The van der Waals surface area contributed by atoms with Gasteiger partial charge in [0.15, 0.2) is 0 Å². The van der Waals surface area contributed by atoms with Gasteiger partial charge >= 0.3 is 5.97 Å². The third-order valence-electron chi connectivity index (χ3n) is 2.88. The lowest BCUT2D eigenvalue weighted by atomic mass is 9.94. The summed E-state index contributed by atoms with van der Waals surface area (Å²) in [5, 5.41) is 11.6. The smallest absolute Gasteiger partial charge is 0.303 e. The fraction of sp³-hybridized carbons (Fsp3) is 0.846. The minimum atomic E-state index is -0.815. The molecule has 4 N–H and O–H groups in total. The van der Waals surface area contributed by atoms with Gasteiger partial charge in [-0.25, -0.2) is 0 Å². The van der Waals surface area contributed by atoms with Gasteiger partial charge in [0.25, 0.3) is 0 Å². The van der Waals surface area contributed by atoms with Gasteiger partial charge in [-0.2, -0.15) is 0 Å². The molecule has 2 atom stereocenters. The summed E-state index contributed by atoms with van der Waals surface area (Å²) in [5.41, 5.74) is 5.40. The highest BCUT2D eigenvalue weighted by atomic mass is 16.4. The molecule has 0 aromatic carbocycles. The Kier molecular flexibility index (Phi) is 8.37. The topological polar surface area (TPSA) is 92.4 Å². The fourth-order valence-electron chi connectivity index (χ4n) is 1.95. The molecule has 5 nitrogen and oxygen atoms in total. The first kappa shape index (κ1) is 16.9. The van der Waals surface area contributed by atoms with Gasteiger partial charge in [0.05, 0.1) is 0 Å². The van der Waals surface area contributed by atoms with Crippen LogP contribution in [0.25, 0.3) is 0 Å². The van der Waals surface area contributed by atoms with Crippen molar-refractivity contribution in [2.75, 3.05) is 13.1 Å². The van der Waals surface area contributed by atoms with E-state index in [1.807, 2.05) is 20.8 Å². The number of carbonyl (C=O) groups is 2. The zero-order valence-corrected chi connectivity index (χ0v) is 11.6. The van der Waals surface area contributed by atoms with Crippen LogP contribution >= 0.6 is 0 Å². The molecule has 0 saturated heterocycles. The molecule has 0 bridgehead atoms. The van der Waals surface area contributed by atoms with Crippen molar-refractivity contribution in [2.45, 2.75) is 40.0 Å². The molecule has 0 aliphatic carbocycles. The molecule has 5 heteroatoms. The molecule has 0 saturated carbocycles. The van der Waals surface area contributed by atoms with Gasteiger partial charge in [-0.3, -0.25) is 9.59 Å². The molecule has 1 amide bonds. The van der Waals surface area contributed by atoms with Gasteiger partial charge in [-0.05, 0) is 31.2 Å². The van der Waals surface area contributed by atoms with Crippen molar-refractivity contribution in [3.8, 4) is 0 Å². The summed E-state index contributed by atoms with van der Waals surface area (Å²) >= 11 is 0. The van der Waals surface area contributed by atoms with Crippen molar-refractivity contribution in [1.82, 2.24) is 5.32 Å². The van der Waals surface area contributed by atoms with Crippen molar-refractivity contribution in [2.24, 2.45) is 23.5 Å². The van der Waals surface area contributed by atoms with Crippen molar-refractivity contribution in [3.63, 3.8) is 0 Å². The summed E-state index contributed by atoms with van der Waals surface area (Å²) in [4.78, 5) is 22.4. The Hall–Kier alpha value is -1.10. The third-order valence-corrected chi connectivity index (χ3v) is 2.88. The second kappa shape index (κ2) is 8.91. The molecule has 0 aliphatic heterocycles. The van der Waals surface area contributed by atoms with Crippen LogP contribution in [0.3, 0.4) is 0 Å². The normalized spacial score (nSPS) is 14.3. The Labute approximate surface area is 109 Å². The summed E-state index contributed by atoms with van der Waals surface area (Å²) in [6.07, 6.45) is 1.56. The van der Waals surface area contributed by atoms with Crippen LogP contribution < -0.4 is 11.1 Å². The number of carboxylic acids is 1. The van der Waals surface area contributed by atoms with E-state index in [-0.39, 0.29) is 24.2 Å². The van der Waals surface area contributed by atoms with Crippen LogP contribution in [0.15, 0.2) is 0 Å². The molecule has 0 spiro atoms. The van der Waals surface area contributed by atoms with Gasteiger partial charge in [0.1, 0.15) is 0 Å². The third kappa shape index (κ3) is 8.06. The van der Waals surface area contributed by atoms with Gasteiger partial charge in [0.2, 0.25) is 5.91 Å². The number of nitrogens with one attached hydrogen (secondary N) is 1. The van der Waals surface area contributed by atoms with Crippen molar-refractivity contribution in [3.05, 3.63) is 0 Å². The minimum Gasteiger partial charge on any atom is -0.481 e. The average Bonchev–Trinajstić information content (AvgIpc) is 2.24. The fourth-order valence-corrected chi connectivity index (χ4v) is 1.95. The van der Waals surface area contributed by atoms with E-state index in [4.69, 9.17) is 10.8 Å². The van der Waals surface area contributed by atoms with Crippen LogP contribution in [0, 0.1) is 17.8 Å². The van der Waals surface area contributed by atoms with Crippen molar-refractivity contribution < 1.29 is 14.7 Å². The zero-order valence-electron chi connectivity index (χ0n) is 11.6. The quantitative estimate of drug-likeness (QED) is 0.580. The average molecular weight is 258 g/mol. The predicted octanol–water partition coefficient (Wildman–Crippen LogP) is 1.22. The van der Waals surface area contributed by atoms with E-state index in [1.165, 1.54) is 0 Å². The van der Waals surface area contributed by atoms with E-state index in [0.29, 0.717) is 25.4 Å². The van der Waals surface area contributed by atoms with Gasteiger partial charge in [0, 0.05) is 18.9 Å². The lowest BCUT2D eigenvalue weighted by Crippen LogP contribution is -2.35. The van der Waals surface area contributed by atoms with Gasteiger partial charge < -0.3 is 16.2 Å². The molecule has 0 fully saturated rings. The van der Waals surface area contributed by atoms with Crippen LogP contribution in [0.2, 0.25) is 0 Å². The summed E-state index contributed by atoms with van der Waals surface area (Å²) < 4.78 is 0. The number of hydrogen-bond donors (Lipinski definition) is 3. The second-order valence-corrected chi connectivity index (χ2v) is 5.32. The Morgan fingerprint density at radius 1 is 1.28 bits per heavy atom. The van der Waals surface area contributed by atoms with E-state index >= 15 is 0 Å². The molecule has 0 aromatic heterocycles. The van der Waals surface area contributed by atoms with Crippen LogP contribution in [0.1, 0.15) is 40.0 Å².